The summed E-state index contributed by atoms with van der Waals surface area (Å²) < 4.78 is 7.33. The van der Waals surface area contributed by atoms with E-state index in [1.165, 1.54) is 0 Å². The second-order valence-electron chi connectivity index (χ2n) is 7.44. The van der Waals surface area contributed by atoms with Crippen LogP contribution >= 0.6 is 0 Å². The monoisotopic (exact) mass is 366 g/mol. The van der Waals surface area contributed by atoms with Gasteiger partial charge < -0.3 is 25.3 Å². The molecule has 1 aromatic rings. The number of aromatic nitrogens is 2. The average molecular weight is 367 g/mol. The largest absolute Gasteiger partial charge is 0.444 e. The summed E-state index contributed by atoms with van der Waals surface area (Å²) in [6.07, 6.45) is 3.37. The Morgan fingerprint density at radius 3 is 2.58 bits per heavy atom. The molecule has 148 valence electrons. The summed E-state index contributed by atoms with van der Waals surface area (Å²) in [4.78, 5) is 20.6. The third-order valence-electron chi connectivity index (χ3n) is 3.17. The molecule has 1 aromatic heterocycles. The summed E-state index contributed by atoms with van der Waals surface area (Å²) in [5.74, 6) is 2.18. The minimum atomic E-state index is -0.494. The normalized spacial score (nSPS) is 12.2. The molecule has 0 saturated heterocycles. The van der Waals surface area contributed by atoms with Crippen LogP contribution in [0.1, 0.15) is 47.4 Å². The summed E-state index contributed by atoms with van der Waals surface area (Å²) in [6, 6.07) is 0. The number of amides is 1. The molecule has 0 aliphatic heterocycles. The van der Waals surface area contributed by atoms with E-state index in [0.29, 0.717) is 31.5 Å². The first-order valence-corrected chi connectivity index (χ1v) is 9.20. The number of hydrogen-bond donors (Lipinski definition) is 3. The fourth-order valence-corrected chi connectivity index (χ4v) is 2.20. The maximum atomic E-state index is 11.6. The first kappa shape index (κ1) is 21.8. The molecule has 1 heterocycles. The van der Waals surface area contributed by atoms with Gasteiger partial charge in [-0.15, -0.1) is 0 Å². The number of nitrogens with one attached hydrogen (secondary N) is 3. The summed E-state index contributed by atoms with van der Waals surface area (Å²) in [6.45, 7) is 15.0. The van der Waals surface area contributed by atoms with Crippen molar-refractivity contribution in [2.24, 2.45) is 10.9 Å². The maximum absolute atomic E-state index is 11.6. The van der Waals surface area contributed by atoms with E-state index < -0.39 is 11.7 Å². The molecule has 1 rings (SSSR count). The van der Waals surface area contributed by atoms with Crippen LogP contribution in [0.5, 0.6) is 0 Å². The molecule has 0 aliphatic rings. The number of hydrogen-bond acceptors (Lipinski definition) is 4. The molecular weight excluding hydrogens is 332 g/mol. The number of ether oxygens (including phenoxy) is 1. The smallest absolute Gasteiger partial charge is 0.407 e. The molecule has 0 aliphatic carbocycles. The minimum Gasteiger partial charge on any atom is -0.444 e. The van der Waals surface area contributed by atoms with Gasteiger partial charge in [0.25, 0.3) is 0 Å². The number of carbonyl (C=O) groups excluding carboxylic acids is 1. The highest BCUT2D eigenvalue weighted by Gasteiger charge is 2.15. The zero-order chi connectivity index (χ0) is 19.6. The van der Waals surface area contributed by atoms with Crippen molar-refractivity contribution >= 4 is 12.1 Å². The number of rotatable bonds is 8. The number of carbonyl (C=O) groups is 1. The highest BCUT2D eigenvalue weighted by atomic mass is 16.6. The van der Waals surface area contributed by atoms with Crippen molar-refractivity contribution in [1.82, 2.24) is 25.5 Å². The van der Waals surface area contributed by atoms with E-state index in [1.54, 1.807) is 6.20 Å². The Kier molecular flexibility index (Phi) is 8.95. The van der Waals surface area contributed by atoms with Gasteiger partial charge in [-0.2, -0.15) is 0 Å². The average Bonchev–Trinajstić information content (AvgIpc) is 2.93. The predicted molar refractivity (Wildman–Crippen MR) is 104 cm³/mol. The Morgan fingerprint density at radius 2 is 1.96 bits per heavy atom. The van der Waals surface area contributed by atoms with Crippen molar-refractivity contribution in [2.45, 2.75) is 60.2 Å². The van der Waals surface area contributed by atoms with Gasteiger partial charge in [-0.3, -0.25) is 0 Å². The van der Waals surface area contributed by atoms with Crippen molar-refractivity contribution in [3.05, 3.63) is 18.2 Å². The van der Waals surface area contributed by atoms with Crippen LogP contribution in [-0.4, -0.2) is 46.8 Å². The van der Waals surface area contributed by atoms with Gasteiger partial charge in [0, 0.05) is 38.6 Å². The van der Waals surface area contributed by atoms with Crippen LogP contribution in [0.25, 0.3) is 0 Å². The molecule has 0 fully saturated rings. The molecule has 8 heteroatoms. The fourth-order valence-electron chi connectivity index (χ4n) is 2.20. The molecule has 0 atom stereocenters. The fraction of sp³-hybridized carbons (Fsp3) is 0.722. The molecule has 3 N–H and O–H groups in total. The minimum absolute atomic E-state index is 0.419. The number of guanidine groups is 1. The Balaban J connectivity index is 2.47. The molecule has 1 amide bonds. The van der Waals surface area contributed by atoms with Crippen LogP contribution in [-0.2, 0) is 17.8 Å². The summed E-state index contributed by atoms with van der Waals surface area (Å²) in [7, 11) is 0. The van der Waals surface area contributed by atoms with Gasteiger partial charge in [-0.1, -0.05) is 13.8 Å². The van der Waals surface area contributed by atoms with Gasteiger partial charge in [0.2, 0.25) is 0 Å². The second-order valence-corrected chi connectivity index (χ2v) is 7.44. The van der Waals surface area contributed by atoms with Gasteiger partial charge in [0.1, 0.15) is 18.0 Å². The Labute approximate surface area is 156 Å². The molecular formula is C18H34N6O2. The van der Waals surface area contributed by atoms with Crippen molar-refractivity contribution < 1.29 is 9.53 Å². The predicted octanol–water partition coefficient (Wildman–Crippen LogP) is 2.12. The van der Waals surface area contributed by atoms with Crippen LogP contribution in [0.2, 0.25) is 0 Å². The lowest BCUT2D eigenvalue weighted by Crippen LogP contribution is -2.42. The van der Waals surface area contributed by atoms with Gasteiger partial charge in [0.05, 0.1) is 0 Å². The number of nitrogens with zero attached hydrogens (tertiary/aromatic N) is 3. The summed E-state index contributed by atoms with van der Waals surface area (Å²) in [5.41, 5.74) is -0.494. The first-order chi connectivity index (χ1) is 12.2. The zero-order valence-corrected chi connectivity index (χ0v) is 16.9. The van der Waals surface area contributed by atoms with Gasteiger partial charge >= 0.3 is 6.09 Å². The highest BCUT2D eigenvalue weighted by molar-refractivity contribution is 5.79. The number of imidazole rings is 1. The molecule has 0 aromatic carbocycles. The van der Waals surface area contributed by atoms with Crippen molar-refractivity contribution in [1.29, 1.82) is 0 Å². The van der Waals surface area contributed by atoms with E-state index in [9.17, 15) is 4.79 Å². The maximum Gasteiger partial charge on any atom is 0.407 e. The van der Waals surface area contributed by atoms with Crippen molar-refractivity contribution in [2.75, 3.05) is 19.6 Å². The van der Waals surface area contributed by atoms with Crippen LogP contribution < -0.4 is 16.0 Å². The van der Waals surface area contributed by atoms with Crippen LogP contribution in [0.3, 0.4) is 0 Å². The van der Waals surface area contributed by atoms with E-state index in [-0.39, 0.29) is 0 Å². The topological polar surface area (TPSA) is 92.6 Å². The Morgan fingerprint density at radius 1 is 1.27 bits per heavy atom. The van der Waals surface area contributed by atoms with E-state index >= 15 is 0 Å². The Bertz CT molecular complexity index is 574. The Hall–Kier alpha value is -2.25. The molecule has 0 radical (unpaired) electrons. The van der Waals surface area contributed by atoms with Crippen molar-refractivity contribution in [3.63, 3.8) is 0 Å². The zero-order valence-electron chi connectivity index (χ0n) is 16.9. The molecule has 0 bridgehead atoms. The van der Waals surface area contributed by atoms with Gasteiger partial charge in [-0.05, 0) is 33.6 Å². The number of alkyl carbamates (subject to hydrolysis) is 1. The lowest BCUT2D eigenvalue weighted by Gasteiger charge is -2.20. The first-order valence-electron chi connectivity index (χ1n) is 9.20. The van der Waals surface area contributed by atoms with Crippen molar-refractivity contribution in [3.8, 4) is 0 Å². The van der Waals surface area contributed by atoms with E-state index in [2.05, 4.69) is 44.3 Å². The molecule has 8 nitrogen and oxygen atoms in total. The van der Waals surface area contributed by atoms with Crippen LogP contribution in [0, 0.1) is 5.92 Å². The van der Waals surface area contributed by atoms with E-state index in [1.807, 2.05) is 33.9 Å². The third kappa shape index (κ3) is 9.29. The molecule has 0 unspecified atom stereocenters. The lowest BCUT2D eigenvalue weighted by molar-refractivity contribution is 0.0529. The summed E-state index contributed by atoms with van der Waals surface area (Å²) in [5, 5.41) is 9.10. The SMILES string of the molecule is CCNC(=NCc1nccn1CC(C)C)NCCNC(=O)OC(C)(C)C. The molecule has 0 spiro atoms. The summed E-state index contributed by atoms with van der Waals surface area (Å²) >= 11 is 0. The number of aliphatic imine (C=N–C) groups is 1. The standard InChI is InChI=1S/C18H34N6O2/c1-7-19-16(21-8-9-22-17(25)26-18(4,5)6)23-12-15-20-10-11-24(15)13-14(2)3/h10-11,14H,7-9,12-13H2,1-6H3,(H,22,25)(H2,19,21,23). The molecule has 0 saturated carbocycles. The van der Waals surface area contributed by atoms with E-state index in [4.69, 9.17) is 4.74 Å². The van der Waals surface area contributed by atoms with Crippen LogP contribution in [0.4, 0.5) is 4.79 Å². The quantitative estimate of drug-likeness (QED) is 0.372. The lowest BCUT2D eigenvalue weighted by atomic mass is 10.2. The highest BCUT2D eigenvalue weighted by Crippen LogP contribution is 2.06. The second kappa shape index (κ2) is 10.7. The van der Waals surface area contributed by atoms with E-state index in [0.717, 1.165) is 18.9 Å². The molecule has 26 heavy (non-hydrogen) atoms. The van der Waals surface area contributed by atoms with Crippen LogP contribution in [0.15, 0.2) is 17.4 Å². The van der Waals surface area contributed by atoms with Gasteiger partial charge in [-0.25, -0.2) is 14.8 Å². The third-order valence-corrected chi connectivity index (χ3v) is 3.17. The van der Waals surface area contributed by atoms with Gasteiger partial charge in [0.15, 0.2) is 5.96 Å².